The van der Waals surface area contributed by atoms with Gasteiger partial charge in [-0.25, -0.2) is 0 Å². The molecule has 0 bridgehead atoms. The number of hydrogen-bond donors (Lipinski definition) is 0. The van der Waals surface area contributed by atoms with E-state index in [1.165, 1.54) is 26.5 Å². The minimum atomic E-state index is -0.236. The summed E-state index contributed by atoms with van der Waals surface area (Å²) < 4.78 is 16.0. The van der Waals surface area contributed by atoms with E-state index in [0.29, 0.717) is 12.6 Å². The summed E-state index contributed by atoms with van der Waals surface area (Å²) in [6, 6.07) is 0.567. The third-order valence-corrected chi connectivity index (χ3v) is 3.80. The van der Waals surface area contributed by atoms with Gasteiger partial charge in [-0.3, -0.25) is 4.79 Å². The van der Waals surface area contributed by atoms with Crippen LogP contribution in [0.1, 0.15) is 32.6 Å². The van der Waals surface area contributed by atoms with E-state index in [0.717, 1.165) is 13.0 Å². The van der Waals surface area contributed by atoms with E-state index >= 15 is 0 Å². The molecule has 0 saturated carbocycles. The fraction of sp³-hybridized carbons (Fsp3) is 0.923. The van der Waals surface area contributed by atoms with Gasteiger partial charge in [-0.05, 0) is 25.9 Å². The number of carbonyl (C=O) groups is 1. The zero-order chi connectivity index (χ0) is 13.0. The molecule has 0 aliphatic carbocycles. The van der Waals surface area contributed by atoms with Crippen molar-refractivity contribution in [2.75, 3.05) is 26.8 Å². The third-order valence-electron chi connectivity index (χ3n) is 3.80. The Morgan fingerprint density at radius 1 is 1.50 bits per heavy atom. The second kappa shape index (κ2) is 6.50. The van der Waals surface area contributed by atoms with E-state index < -0.39 is 0 Å². The van der Waals surface area contributed by atoms with Crippen LogP contribution in [-0.2, 0) is 19.0 Å². The Bertz CT molecular complexity index is 284. The highest BCUT2D eigenvalue weighted by molar-refractivity contribution is 5.69. The van der Waals surface area contributed by atoms with Crippen LogP contribution in [0.5, 0.6) is 0 Å². The SMILES string of the molecule is CCN1CCCC1CC1OCC(CC(=O)OC)O1. The van der Waals surface area contributed by atoms with Crippen molar-refractivity contribution in [3.63, 3.8) is 0 Å². The molecule has 2 aliphatic rings. The molecule has 0 aromatic carbocycles. The van der Waals surface area contributed by atoms with Gasteiger partial charge in [0.1, 0.15) is 0 Å². The topological polar surface area (TPSA) is 48.0 Å². The maximum atomic E-state index is 11.2. The Hall–Kier alpha value is -0.650. The number of esters is 1. The average Bonchev–Trinajstić information content (AvgIpc) is 2.99. The fourth-order valence-corrected chi connectivity index (χ4v) is 2.81. The van der Waals surface area contributed by atoms with Gasteiger partial charge in [0.15, 0.2) is 6.29 Å². The van der Waals surface area contributed by atoms with Crippen molar-refractivity contribution in [3.05, 3.63) is 0 Å². The van der Waals surface area contributed by atoms with Gasteiger partial charge in [-0.1, -0.05) is 6.92 Å². The first-order valence-electron chi connectivity index (χ1n) is 6.80. The predicted octanol–water partition coefficient (Wildman–Crippen LogP) is 1.17. The van der Waals surface area contributed by atoms with Gasteiger partial charge in [0.2, 0.25) is 0 Å². The summed E-state index contributed by atoms with van der Waals surface area (Å²) in [5.41, 5.74) is 0. The Morgan fingerprint density at radius 3 is 3.06 bits per heavy atom. The summed E-state index contributed by atoms with van der Waals surface area (Å²) in [6.07, 6.45) is 3.38. The minimum Gasteiger partial charge on any atom is -0.469 e. The molecular weight excluding hydrogens is 234 g/mol. The van der Waals surface area contributed by atoms with Gasteiger partial charge >= 0.3 is 5.97 Å². The molecule has 5 heteroatoms. The summed E-state index contributed by atoms with van der Waals surface area (Å²) in [5, 5.41) is 0. The number of rotatable bonds is 5. The second-order valence-corrected chi connectivity index (χ2v) is 4.96. The average molecular weight is 257 g/mol. The van der Waals surface area contributed by atoms with Gasteiger partial charge < -0.3 is 19.1 Å². The minimum absolute atomic E-state index is 0.140. The molecule has 2 saturated heterocycles. The first-order valence-corrected chi connectivity index (χ1v) is 6.80. The van der Waals surface area contributed by atoms with Crippen LogP contribution in [0, 0.1) is 0 Å². The highest BCUT2D eigenvalue weighted by Crippen LogP contribution is 2.26. The standard InChI is InChI=1S/C13H23NO4/c1-3-14-6-4-5-10(14)7-13-17-9-11(18-13)8-12(15)16-2/h10-11,13H,3-9H2,1-2H3. The summed E-state index contributed by atoms with van der Waals surface area (Å²) in [5.74, 6) is -0.236. The Kier molecular flexibility index (Phi) is 4.97. The van der Waals surface area contributed by atoms with Crippen LogP contribution in [0.25, 0.3) is 0 Å². The molecule has 0 radical (unpaired) electrons. The number of nitrogens with zero attached hydrogens (tertiary/aromatic N) is 1. The lowest BCUT2D eigenvalue weighted by molar-refractivity contribution is -0.144. The van der Waals surface area contributed by atoms with Crippen LogP contribution in [0.2, 0.25) is 0 Å². The normalized spacial score (nSPS) is 32.9. The lowest BCUT2D eigenvalue weighted by atomic mass is 10.1. The molecule has 0 amide bonds. The first-order chi connectivity index (χ1) is 8.72. The smallest absolute Gasteiger partial charge is 0.308 e. The Balaban J connectivity index is 1.74. The molecule has 2 aliphatic heterocycles. The molecule has 0 spiro atoms. The molecule has 2 heterocycles. The van der Waals surface area contributed by atoms with Crippen molar-refractivity contribution in [2.24, 2.45) is 0 Å². The van der Waals surface area contributed by atoms with Crippen LogP contribution in [-0.4, -0.2) is 56.1 Å². The van der Waals surface area contributed by atoms with E-state index in [-0.39, 0.29) is 24.8 Å². The predicted molar refractivity (Wildman–Crippen MR) is 66.1 cm³/mol. The van der Waals surface area contributed by atoms with Gasteiger partial charge in [-0.2, -0.15) is 0 Å². The number of hydrogen-bond acceptors (Lipinski definition) is 5. The monoisotopic (exact) mass is 257 g/mol. The van der Waals surface area contributed by atoms with Crippen LogP contribution in [0.3, 0.4) is 0 Å². The van der Waals surface area contributed by atoms with Gasteiger partial charge in [0.05, 0.1) is 26.2 Å². The van der Waals surface area contributed by atoms with Crippen molar-refractivity contribution in [3.8, 4) is 0 Å². The van der Waals surface area contributed by atoms with E-state index in [1.807, 2.05) is 0 Å². The molecule has 3 atom stereocenters. The van der Waals surface area contributed by atoms with Gasteiger partial charge in [0.25, 0.3) is 0 Å². The highest BCUT2D eigenvalue weighted by Gasteiger charge is 2.33. The third kappa shape index (κ3) is 3.43. The lowest BCUT2D eigenvalue weighted by Crippen LogP contribution is -2.32. The number of carbonyl (C=O) groups excluding carboxylic acids is 1. The number of ether oxygens (including phenoxy) is 3. The number of methoxy groups -OCH3 is 1. The summed E-state index contributed by atoms with van der Waals surface area (Å²) >= 11 is 0. The molecule has 2 rings (SSSR count). The van der Waals surface area contributed by atoms with Crippen molar-refractivity contribution >= 4 is 5.97 Å². The van der Waals surface area contributed by atoms with Crippen molar-refractivity contribution < 1.29 is 19.0 Å². The molecule has 5 nitrogen and oxygen atoms in total. The molecular formula is C13H23NO4. The highest BCUT2D eigenvalue weighted by atomic mass is 16.7. The van der Waals surface area contributed by atoms with E-state index in [2.05, 4.69) is 16.6 Å². The van der Waals surface area contributed by atoms with E-state index in [4.69, 9.17) is 9.47 Å². The van der Waals surface area contributed by atoms with Crippen LogP contribution in [0.15, 0.2) is 0 Å². The van der Waals surface area contributed by atoms with E-state index in [9.17, 15) is 4.79 Å². The van der Waals surface area contributed by atoms with Crippen LogP contribution < -0.4 is 0 Å². The molecule has 3 unspecified atom stereocenters. The first kappa shape index (κ1) is 13.8. The number of likely N-dealkylation sites (tertiary alicyclic amines) is 1. The molecule has 18 heavy (non-hydrogen) atoms. The van der Waals surface area contributed by atoms with Gasteiger partial charge in [0, 0.05) is 12.5 Å². The van der Waals surface area contributed by atoms with Crippen molar-refractivity contribution in [2.45, 2.75) is 51.0 Å². The zero-order valence-corrected chi connectivity index (χ0v) is 11.3. The zero-order valence-electron chi connectivity index (χ0n) is 11.3. The fourth-order valence-electron chi connectivity index (χ4n) is 2.81. The van der Waals surface area contributed by atoms with E-state index in [1.54, 1.807) is 0 Å². The molecule has 0 aromatic heterocycles. The van der Waals surface area contributed by atoms with Crippen molar-refractivity contribution in [1.82, 2.24) is 4.90 Å². The lowest BCUT2D eigenvalue weighted by Gasteiger charge is -2.24. The molecule has 0 aromatic rings. The summed E-state index contributed by atoms with van der Waals surface area (Å²) in [4.78, 5) is 13.6. The maximum Gasteiger partial charge on any atom is 0.308 e. The summed E-state index contributed by atoms with van der Waals surface area (Å²) in [7, 11) is 1.40. The quantitative estimate of drug-likeness (QED) is 0.692. The largest absolute Gasteiger partial charge is 0.469 e. The van der Waals surface area contributed by atoms with Crippen LogP contribution in [0.4, 0.5) is 0 Å². The Labute approximate surface area is 108 Å². The molecule has 104 valence electrons. The van der Waals surface area contributed by atoms with Crippen molar-refractivity contribution in [1.29, 1.82) is 0 Å². The molecule has 0 N–H and O–H groups in total. The Morgan fingerprint density at radius 2 is 2.33 bits per heavy atom. The second-order valence-electron chi connectivity index (χ2n) is 4.96. The molecule has 2 fully saturated rings. The van der Waals surface area contributed by atoms with Crippen LogP contribution >= 0.6 is 0 Å². The van der Waals surface area contributed by atoms with Gasteiger partial charge in [-0.15, -0.1) is 0 Å². The maximum absolute atomic E-state index is 11.2. The summed E-state index contributed by atoms with van der Waals surface area (Å²) in [6.45, 7) is 4.95.